The van der Waals surface area contributed by atoms with Gasteiger partial charge >= 0.3 is 0 Å². The van der Waals surface area contributed by atoms with Gasteiger partial charge < -0.3 is 10.4 Å². The Balaban J connectivity index is 2.78. The maximum Gasteiger partial charge on any atom is 0.273 e. The summed E-state index contributed by atoms with van der Waals surface area (Å²) >= 11 is 0. The van der Waals surface area contributed by atoms with E-state index in [0.29, 0.717) is 17.7 Å². The summed E-state index contributed by atoms with van der Waals surface area (Å²) in [5, 5.41) is 23.8. The van der Waals surface area contributed by atoms with E-state index in [9.17, 15) is 20.0 Å². The van der Waals surface area contributed by atoms with Gasteiger partial charge in [-0.3, -0.25) is 14.9 Å². The van der Waals surface area contributed by atoms with E-state index in [4.69, 9.17) is 0 Å². The van der Waals surface area contributed by atoms with Crippen molar-refractivity contribution >= 4 is 18.9 Å². The summed E-state index contributed by atoms with van der Waals surface area (Å²) in [6, 6.07) is 4.54. The van der Waals surface area contributed by atoms with E-state index in [1.807, 2.05) is 0 Å². The summed E-state index contributed by atoms with van der Waals surface area (Å²) in [7, 11) is -0.984. The highest BCUT2D eigenvalue weighted by atomic mass is 31.2. The number of hydrogen-bond acceptors (Lipinski definition) is 4. The van der Waals surface area contributed by atoms with E-state index in [0.717, 1.165) is 6.42 Å². The third-order valence-corrected chi connectivity index (χ3v) is 11.4. The van der Waals surface area contributed by atoms with Crippen molar-refractivity contribution < 1.29 is 14.8 Å². The summed E-state index contributed by atoms with van der Waals surface area (Å²) < 4.78 is 0. The van der Waals surface area contributed by atoms with Crippen molar-refractivity contribution in [3.8, 4) is 0 Å². The molecule has 1 atom stereocenters. The molecule has 0 aliphatic carbocycles. The fourth-order valence-corrected chi connectivity index (χ4v) is 9.36. The van der Waals surface area contributed by atoms with Crippen LogP contribution in [-0.2, 0) is 0 Å². The Hall–Kier alpha value is -1.52. The molecule has 0 bridgehead atoms. The second-order valence-corrected chi connectivity index (χ2v) is 13.5. The van der Waals surface area contributed by atoms with E-state index < -0.39 is 12.2 Å². The molecule has 0 aromatic heterocycles. The lowest BCUT2D eigenvalue weighted by atomic mass is 9.98. The van der Waals surface area contributed by atoms with Crippen LogP contribution in [0.2, 0.25) is 0 Å². The highest BCUT2D eigenvalue weighted by molar-refractivity contribution is 7.75. The normalized spacial score (nSPS) is 12.5. The minimum absolute atomic E-state index is 0.108. The average Bonchev–Trinajstić information content (AvgIpc) is 2.81. The molecule has 0 fully saturated rings. The van der Waals surface area contributed by atoms with Crippen LogP contribution in [0.4, 0.5) is 5.69 Å². The van der Waals surface area contributed by atoms with Gasteiger partial charge in [-0.1, -0.05) is 53.0 Å². The van der Waals surface area contributed by atoms with Crippen LogP contribution in [0.1, 0.15) is 94.5 Å². The van der Waals surface area contributed by atoms with Crippen LogP contribution in [0.25, 0.3) is 0 Å². The smallest absolute Gasteiger partial charge is 0.273 e. The molecular weight excluding hydrogens is 423 g/mol. The molecule has 32 heavy (non-hydrogen) atoms. The number of carbonyl (C=O) groups is 1. The average molecular weight is 468 g/mol. The zero-order chi connectivity index (χ0) is 24.0. The molecule has 0 saturated heterocycles. The molecule has 2 N–H and O–H groups in total. The standard InChI is InChI=1S/C25H43N2O4P/c1-5-8-15-32(16-9-6-2,17-10-7-3)18-11-14-26-25(29)22-12-13-23(21(4)20-28)24(19-22)27(30)31/h12-13,19,21,28H,5-11,14-18,20H2,1-4H3/p+1. The summed E-state index contributed by atoms with van der Waals surface area (Å²) in [4.78, 5) is 23.6. The third kappa shape index (κ3) is 9.15. The van der Waals surface area contributed by atoms with Gasteiger partial charge in [0, 0.05) is 43.5 Å². The largest absolute Gasteiger partial charge is 0.396 e. The lowest BCUT2D eigenvalue weighted by Crippen LogP contribution is -2.26. The van der Waals surface area contributed by atoms with Gasteiger partial charge in [0.2, 0.25) is 0 Å². The Bertz CT molecular complexity index is 689. The van der Waals surface area contributed by atoms with Gasteiger partial charge in [0.15, 0.2) is 0 Å². The summed E-state index contributed by atoms with van der Waals surface area (Å²) in [5.41, 5.74) is 0.642. The lowest BCUT2D eigenvalue weighted by Gasteiger charge is -2.28. The third-order valence-electron chi connectivity index (χ3n) is 6.35. The van der Waals surface area contributed by atoms with Gasteiger partial charge in [0.25, 0.3) is 11.6 Å². The molecule has 0 aliphatic rings. The number of benzene rings is 1. The van der Waals surface area contributed by atoms with Crippen molar-refractivity contribution in [1.29, 1.82) is 0 Å². The first-order valence-electron chi connectivity index (χ1n) is 12.4. The van der Waals surface area contributed by atoms with Crippen molar-refractivity contribution in [2.45, 2.75) is 78.6 Å². The first-order valence-corrected chi connectivity index (χ1v) is 14.9. The predicted molar refractivity (Wildman–Crippen MR) is 137 cm³/mol. The van der Waals surface area contributed by atoms with Gasteiger partial charge in [0.1, 0.15) is 0 Å². The second kappa shape index (κ2) is 15.3. The Kier molecular flexibility index (Phi) is 13.7. The number of rotatable bonds is 17. The summed E-state index contributed by atoms with van der Waals surface area (Å²) in [6.07, 6.45) is 13.9. The van der Waals surface area contributed by atoms with Gasteiger partial charge in [-0.05, 0) is 31.7 Å². The molecule has 0 spiro atoms. The van der Waals surface area contributed by atoms with Gasteiger partial charge in [-0.2, -0.15) is 0 Å². The molecular formula is C25H44N2O4P+. The van der Waals surface area contributed by atoms with E-state index in [2.05, 4.69) is 26.1 Å². The van der Waals surface area contributed by atoms with Crippen LogP contribution in [0.3, 0.4) is 0 Å². The molecule has 1 aromatic carbocycles. The molecule has 6 nitrogen and oxygen atoms in total. The summed E-state index contributed by atoms with van der Waals surface area (Å²) in [5.74, 6) is -0.616. The first-order chi connectivity index (χ1) is 15.3. The Labute approximate surface area is 195 Å². The van der Waals surface area contributed by atoms with Gasteiger partial charge in [0.05, 0.1) is 29.6 Å². The number of aliphatic hydroxyl groups excluding tert-OH is 1. The van der Waals surface area contributed by atoms with E-state index in [-0.39, 0.29) is 24.1 Å². The molecule has 1 aromatic rings. The highest BCUT2D eigenvalue weighted by Gasteiger charge is 2.34. The predicted octanol–water partition coefficient (Wildman–Crippen LogP) is 6.23. The number of nitro benzene ring substituents is 1. The van der Waals surface area contributed by atoms with Crippen molar-refractivity contribution in [2.75, 3.05) is 37.8 Å². The fourth-order valence-electron chi connectivity index (χ4n) is 4.23. The Morgan fingerprint density at radius 1 is 1.03 bits per heavy atom. The van der Waals surface area contributed by atoms with Crippen molar-refractivity contribution in [2.24, 2.45) is 0 Å². The zero-order valence-corrected chi connectivity index (χ0v) is 21.5. The topological polar surface area (TPSA) is 92.5 Å². The van der Waals surface area contributed by atoms with Crippen molar-refractivity contribution in [1.82, 2.24) is 5.32 Å². The second-order valence-electron chi connectivity index (χ2n) is 9.02. The molecule has 1 rings (SSSR count). The number of nitrogens with zero attached hydrogens (tertiary/aromatic N) is 1. The first kappa shape index (κ1) is 28.5. The molecule has 0 radical (unpaired) electrons. The minimum Gasteiger partial charge on any atom is -0.396 e. The molecule has 7 heteroatoms. The lowest BCUT2D eigenvalue weighted by molar-refractivity contribution is -0.385. The van der Waals surface area contributed by atoms with Crippen LogP contribution >= 0.6 is 7.26 Å². The fraction of sp³-hybridized carbons (Fsp3) is 0.720. The highest BCUT2D eigenvalue weighted by Crippen LogP contribution is 2.61. The monoisotopic (exact) mass is 467 g/mol. The number of unbranched alkanes of at least 4 members (excludes halogenated alkanes) is 3. The number of aliphatic hydroxyl groups is 1. The van der Waals surface area contributed by atoms with Crippen LogP contribution in [0.15, 0.2) is 18.2 Å². The van der Waals surface area contributed by atoms with Crippen molar-refractivity contribution in [3.05, 3.63) is 39.4 Å². The SMILES string of the molecule is CCCC[P+](CCCC)(CCCC)CCCNC(=O)c1ccc(C(C)CO)c([N+](=O)[O-])c1. The van der Waals surface area contributed by atoms with E-state index in [1.165, 1.54) is 69.2 Å². The van der Waals surface area contributed by atoms with Crippen molar-refractivity contribution in [3.63, 3.8) is 0 Å². The molecule has 0 aliphatic heterocycles. The van der Waals surface area contributed by atoms with E-state index in [1.54, 1.807) is 19.1 Å². The maximum absolute atomic E-state index is 12.6. The number of nitrogens with one attached hydrogen (secondary N) is 1. The molecule has 0 heterocycles. The molecule has 182 valence electrons. The quantitative estimate of drug-likeness (QED) is 0.123. The maximum atomic E-state index is 12.6. The molecule has 1 amide bonds. The van der Waals surface area contributed by atoms with Crippen LogP contribution in [0, 0.1) is 10.1 Å². The number of amides is 1. The minimum atomic E-state index is -0.984. The zero-order valence-electron chi connectivity index (χ0n) is 20.6. The Morgan fingerprint density at radius 3 is 2.03 bits per heavy atom. The number of hydrogen-bond donors (Lipinski definition) is 2. The Morgan fingerprint density at radius 2 is 1.56 bits per heavy atom. The molecule has 1 unspecified atom stereocenters. The molecule has 0 saturated carbocycles. The van der Waals surface area contributed by atoms with Crippen LogP contribution in [0.5, 0.6) is 0 Å². The van der Waals surface area contributed by atoms with E-state index >= 15 is 0 Å². The van der Waals surface area contributed by atoms with Gasteiger partial charge in [-0.15, -0.1) is 0 Å². The summed E-state index contributed by atoms with van der Waals surface area (Å²) in [6.45, 7) is 8.95. The van der Waals surface area contributed by atoms with Crippen LogP contribution < -0.4 is 5.32 Å². The van der Waals surface area contributed by atoms with Gasteiger partial charge in [-0.25, -0.2) is 0 Å². The number of nitro groups is 1. The number of carbonyl (C=O) groups excluding carboxylic acids is 1. The van der Waals surface area contributed by atoms with Crippen LogP contribution in [-0.4, -0.2) is 53.7 Å².